The smallest absolute Gasteiger partial charge is 0.334 e. The summed E-state index contributed by atoms with van der Waals surface area (Å²) in [6, 6.07) is 7.16. The predicted molar refractivity (Wildman–Crippen MR) is 105 cm³/mol. The zero-order chi connectivity index (χ0) is 20.0. The summed E-state index contributed by atoms with van der Waals surface area (Å²) in [7, 11) is 1.60. The fraction of sp³-hybridized carbons (Fsp3) is 0.591. The van der Waals surface area contributed by atoms with Gasteiger partial charge in [-0.25, -0.2) is 4.79 Å². The Kier molecular flexibility index (Phi) is 7.31. The number of esters is 1. The Morgan fingerprint density at radius 3 is 2.26 bits per heavy atom. The van der Waals surface area contributed by atoms with Crippen LogP contribution in [-0.4, -0.2) is 37.0 Å². The minimum Gasteiger partial charge on any atom is -0.497 e. The Morgan fingerprint density at radius 1 is 1.15 bits per heavy atom. The standard InChI is InChI=1S/C22H32O5/c1-15(2)20(16(3)4)11-6-17-12-22(13-23,27-21(17)24)14-26-19-9-7-18(25-5)8-10-19/h6-10,15-16,20,23H,11-14H2,1-5H3/b17-6+. The van der Waals surface area contributed by atoms with Crippen LogP contribution in [0.5, 0.6) is 11.5 Å². The number of rotatable bonds is 9. The van der Waals surface area contributed by atoms with Crippen LogP contribution < -0.4 is 9.47 Å². The molecule has 1 N–H and O–H groups in total. The molecule has 1 aromatic rings. The van der Waals surface area contributed by atoms with E-state index in [-0.39, 0.29) is 19.2 Å². The summed E-state index contributed by atoms with van der Waals surface area (Å²) in [6.45, 7) is 8.65. The van der Waals surface area contributed by atoms with Crippen molar-refractivity contribution >= 4 is 5.97 Å². The maximum Gasteiger partial charge on any atom is 0.334 e. The Hall–Kier alpha value is -2.01. The van der Waals surface area contributed by atoms with Crippen LogP contribution in [0.1, 0.15) is 40.5 Å². The molecule has 1 saturated heterocycles. The van der Waals surface area contributed by atoms with Crippen LogP contribution >= 0.6 is 0 Å². The van der Waals surface area contributed by atoms with Crippen molar-refractivity contribution in [2.45, 2.75) is 46.1 Å². The van der Waals surface area contributed by atoms with Crippen LogP contribution in [0.25, 0.3) is 0 Å². The predicted octanol–water partition coefficient (Wildman–Crippen LogP) is 4.00. The first-order valence-corrected chi connectivity index (χ1v) is 9.60. The molecule has 1 unspecified atom stereocenters. The van der Waals surface area contributed by atoms with Crippen molar-refractivity contribution in [1.82, 2.24) is 0 Å². The van der Waals surface area contributed by atoms with E-state index < -0.39 is 5.60 Å². The maximum absolute atomic E-state index is 12.3. The fourth-order valence-electron chi connectivity index (χ4n) is 3.57. The Morgan fingerprint density at radius 2 is 1.74 bits per heavy atom. The molecule has 0 amide bonds. The van der Waals surface area contributed by atoms with Crippen LogP contribution in [0.4, 0.5) is 0 Å². The molecule has 0 radical (unpaired) electrons. The zero-order valence-corrected chi connectivity index (χ0v) is 17.0. The maximum atomic E-state index is 12.3. The van der Waals surface area contributed by atoms with E-state index in [0.717, 1.165) is 12.2 Å². The van der Waals surface area contributed by atoms with E-state index in [2.05, 4.69) is 27.7 Å². The Balaban J connectivity index is 2.03. The van der Waals surface area contributed by atoms with E-state index >= 15 is 0 Å². The minimum atomic E-state index is -1.02. The quantitative estimate of drug-likeness (QED) is 0.521. The van der Waals surface area contributed by atoms with Crippen LogP contribution in [0.2, 0.25) is 0 Å². The van der Waals surface area contributed by atoms with Gasteiger partial charge in [0.05, 0.1) is 13.7 Å². The third-order valence-corrected chi connectivity index (χ3v) is 5.28. The average Bonchev–Trinajstić information content (AvgIpc) is 2.96. The number of methoxy groups -OCH3 is 1. The summed E-state index contributed by atoms with van der Waals surface area (Å²) >= 11 is 0. The van der Waals surface area contributed by atoms with E-state index in [0.29, 0.717) is 35.5 Å². The molecule has 0 spiro atoms. The molecule has 2 rings (SSSR count). The number of carbonyl (C=O) groups is 1. The number of benzene rings is 1. The number of hydrogen-bond donors (Lipinski definition) is 1. The summed E-state index contributed by atoms with van der Waals surface area (Å²) < 4.78 is 16.4. The summed E-state index contributed by atoms with van der Waals surface area (Å²) in [6.07, 6.45) is 3.18. The lowest BCUT2D eigenvalue weighted by molar-refractivity contribution is -0.153. The molecule has 1 fully saturated rings. The molecular formula is C22H32O5. The zero-order valence-electron chi connectivity index (χ0n) is 17.0. The first-order chi connectivity index (χ1) is 12.8. The topological polar surface area (TPSA) is 65.0 Å². The molecule has 0 aliphatic carbocycles. The second-order valence-electron chi connectivity index (χ2n) is 7.99. The van der Waals surface area contributed by atoms with Gasteiger partial charge in [0.25, 0.3) is 0 Å². The van der Waals surface area contributed by atoms with Crippen LogP contribution in [0, 0.1) is 17.8 Å². The normalized spacial score (nSPS) is 21.4. The third-order valence-electron chi connectivity index (χ3n) is 5.28. The van der Waals surface area contributed by atoms with Gasteiger partial charge in [-0.3, -0.25) is 0 Å². The van der Waals surface area contributed by atoms with Gasteiger partial charge in [0.2, 0.25) is 0 Å². The van der Waals surface area contributed by atoms with Crippen LogP contribution in [0.15, 0.2) is 35.9 Å². The summed E-state index contributed by atoms with van der Waals surface area (Å²) in [5.74, 6) is 2.61. The summed E-state index contributed by atoms with van der Waals surface area (Å²) in [5.41, 5.74) is -0.387. The van der Waals surface area contributed by atoms with Gasteiger partial charge in [-0.05, 0) is 48.4 Å². The molecule has 5 nitrogen and oxygen atoms in total. The van der Waals surface area contributed by atoms with Gasteiger partial charge in [0.15, 0.2) is 5.60 Å². The first kappa shape index (κ1) is 21.3. The van der Waals surface area contributed by atoms with Gasteiger partial charge in [-0.15, -0.1) is 0 Å². The van der Waals surface area contributed by atoms with Crippen molar-refractivity contribution in [1.29, 1.82) is 0 Å². The molecule has 1 heterocycles. The van der Waals surface area contributed by atoms with E-state index in [1.165, 1.54) is 0 Å². The molecule has 0 bridgehead atoms. The molecule has 1 aromatic carbocycles. The Labute approximate surface area is 162 Å². The van der Waals surface area contributed by atoms with E-state index in [4.69, 9.17) is 14.2 Å². The molecule has 27 heavy (non-hydrogen) atoms. The summed E-state index contributed by atoms with van der Waals surface area (Å²) in [5, 5.41) is 9.86. The highest BCUT2D eigenvalue weighted by molar-refractivity contribution is 5.91. The number of allylic oxidation sites excluding steroid dienone is 1. The highest BCUT2D eigenvalue weighted by atomic mass is 16.6. The monoisotopic (exact) mass is 376 g/mol. The molecule has 1 atom stereocenters. The fourth-order valence-corrected chi connectivity index (χ4v) is 3.57. The van der Waals surface area contributed by atoms with Crippen molar-refractivity contribution in [2.24, 2.45) is 17.8 Å². The largest absolute Gasteiger partial charge is 0.497 e. The number of ether oxygens (including phenoxy) is 3. The van der Waals surface area contributed by atoms with E-state index in [1.54, 1.807) is 31.4 Å². The van der Waals surface area contributed by atoms with Crippen molar-refractivity contribution < 1.29 is 24.1 Å². The molecule has 0 aromatic heterocycles. The summed E-state index contributed by atoms with van der Waals surface area (Å²) in [4.78, 5) is 12.3. The lowest BCUT2D eigenvalue weighted by Crippen LogP contribution is -2.39. The van der Waals surface area contributed by atoms with Gasteiger partial charge < -0.3 is 19.3 Å². The number of aliphatic hydroxyl groups is 1. The number of carbonyl (C=O) groups excluding carboxylic acids is 1. The lowest BCUT2D eigenvalue weighted by Gasteiger charge is -2.25. The third kappa shape index (κ3) is 5.48. The van der Waals surface area contributed by atoms with Gasteiger partial charge in [-0.2, -0.15) is 0 Å². The van der Waals surface area contributed by atoms with Gasteiger partial charge in [0.1, 0.15) is 18.1 Å². The SMILES string of the molecule is COc1ccc(OCC2(CO)C/C(=C\CC(C(C)C)C(C)C)C(=O)O2)cc1. The van der Waals surface area contributed by atoms with E-state index in [1.807, 2.05) is 6.08 Å². The molecular weight excluding hydrogens is 344 g/mol. The lowest BCUT2D eigenvalue weighted by atomic mass is 9.82. The Bertz CT molecular complexity index is 639. The second kappa shape index (κ2) is 9.27. The number of hydrogen-bond acceptors (Lipinski definition) is 5. The van der Waals surface area contributed by atoms with Crippen molar-refractivity contribution in [3.63, 3.8) is 0 Å². The van der Waals surface area contributed by atoms with Crippen LogP contribution in [-0.2, 0) is 9.53 Å². The molecule has 0 saturated carbocycles. The van der Waals surface area contributed by atoms with Gasteiger partial charge in [0, 0.05) is 12.0 Å². The van der Waals surface area contributed by atoms with E-state index in [9.17, 15) is 9.90 Å². The van der Waals surface area contributed by atoms with Gasteiger partial charge in [-0.1, -0.05) is 33.8 Å². The molecule has 1 aliphatic rings. The van der Waals surface area contributed by atoms with Crippen LogP contribution in [0.3, 0.4) is 0 Å². The number of aliphatic hydroxyl groups excluding tert-OH is 1. The molecule has 150 valence electrons. The van der Waals surface area contributed by atoms with Crippen molar-refractivity contribution in [3.8, 4) is 11.5 Å². The van der Waals surface area contributed by atoms with Gasteiger partial charge >= 0.3 is 5.97 Å². The van der Waals surface area contributed by atoms with Crippen molar-refractivity contribution in [3.05, 3.63) is 35.9 Å². The highest BCUT2D eigenvalue weighted by Gasteiger charge is 2.44. The second-order valence-corrected chi connectivity index (χ2v) is 7.99. The minimum absolute atomic E-state index is 0.108. The van der Waals surface area contributed by atoms with Crippen molar-refractivity contribution in [2.75, 3.05) is 20.3 Å². The highest BCUT2D eigenvalue weighted by Crippen LogP contribution is 2.33. The average molecular weight is 376 g/mol. The molecule has 1 aliphatic heterocycles. The first-order valence-electron chi connectivity index (χ1n) is 9.60. The molecule has 5 heteroatoms. The number of cyclic esters (lactones) is 1.